The fraction of sp³-hybridized carbons (Fsp3) is 0.636. The largest absolute Gasteiger partial charge is 0.311 e. The Morgan fingerprint density at radius 3 is 1.85 bits per heavy atom. The van der Waals surface area contributed by atoms with Gasteiger partial charge in [-0.3, -0.25) is 14.5 Å². The molecule has 2 spiro atoms. The van der Waals surface area contributed by atoms with Gasteiger partial charge in [0.1, 0.15) is 0 Å². The Morgan fingerprint density at radius 1 is 0.808 bits per heavy atom. The zero-order chi connectivity index (χ0) is 17.5. The zero-order valence-electron chi connectivity index (χ0n) is 15.2. The van der Waals surface area contributed by atoms with Gasteiger partial charge in [-0.25, -0.2) is 0 Å². The van der Waals surface area contributed by atoms with Crippen molar-refractivity contribution in [2.75, 3.05) is 0 Å². The first kappa shape index (κ1) is 15.4. The van der Waals surface area contributed by atoms with Gasteiger partial charge in [0.2, 0.25) is 0 Å². The third kappa shape index (κ3) is 1.99. The lowest BCUT2D eigenvalue weighted by molar-refractivity contribution is -0.0730. The van der Waals surface area contributed by atoms with E-state index in [1.807, 2.05) is 12.1 Å². The van der Waals surface area contributed by atoms with E-state index in [2.05, 4.69) is 5.32 Å². The monoisotopic (exact) mass is 350 g/mol. The molecule has 0 bridgehead atoms. The maximum absolute atomic E-state index is 12.6. The van der Waals surface area contributed by atoms with Gasteiger partial charge in [-0.2, -0.15) is 0 Å². The molecular formula is C22H26N2O2. The molecule has 1 aromatic rings. The predicted octanol–water partition coefficient (Wildman–Crippen LogP) is 3.52. The number of rotatable bonds is 3. The second kappa shape index (κ2) is 4.98. The first-order valence-corrected chi connectivity index (χ1v) is 10.3. The van der Waals surface area contributed by atoms with Gasteiger partial charge in [0.15, 0.2) is 0 Å². The van der Waals surface area contributed by atoms with E-state index in [9.17, 15) is 9.59 Å². The summed E-state index contributed by atoms with van der Waals surface area (Å²) in [6.07, 6.45) is 11.6. The summed E-state index contributed by atoms with van der Waals surface area (Å²) in [6.45, 7) is 0. The Hall–Kier alpha value is -1.68. The van der Waals surface area contributed by atoms with Crippen LogP contribution in [-0.2, 0) is 0 Å². The van der Waals surface area contributed by atoms with Gasteiger partial charge in [-0.05, 0) is 74.3 Å². The summed E-state index contributed by atoms with van der Waals surface area (Å²) >= 11 is 0. The van der Waals surface area contributed by atoms with Gasteiger partial charge in [0.25, 0.3) is 11.8 Å². The van der Waals surface area contributed by atoms with Gasteiger partial charge in [-0.1, -0.05) is 18.6 Å². The SMILES string of the molecule is O=C1c2ccccc2C(=O)N1C1CC2(CC(NC3CC4(CCC4)C3)C2)C1. The number of fused-ring (bicyclic) bond motifs is 1. The summed E-state index contributed by atoms with van der Waals surface area (Å²) in [5, 5.41) is 3.87. The summed E-state index contributed by atoms with van der Waals surface area (Å²) in [5.74, 6) is -0.167. The molecule has 4 nitrogen and oxygen atoms in total. The Labute approximate surface area is 154 Å². The molecule has 136 valence electrons. The number of carbonyl (C=O) groups excluding carboxylic acids is 2. The zero-order valence-corrected chi connectivity index (χ0v) is 15.2. The third-order valence-corrected chi connectivity index (χ3v) is 8.13. The molecule has 6 rings (SSSR count). The van der Waals surface area contributed by atoms with Crippen molar-refractivity contribution in [3.8, 4) is 0 Å². The van der Waals surface area contributed by atoms with Gasteiger partial charge < -0.3 is 5.32 Å². The maximum atomic E-state index is 12.6. The molecule has 0 radical (unpaired) electrons. The first-order valence-electron chi connectivity index (χ1n) is 10.3. The summed E-state index contributed by atoms with van der Waals surface area (Å²) in [5.41, 5.74) is 2.31. The fourth-order valence-corrected chi connectivity index (χ4v) is 6.62. The van der Waals surface area contributed by atoms with Crippen LogP contribution in [0.15, 0.2) is 24.3 Å². The van der Waals surface area contributed by atoms with Crippen molar-refractivity contribution in [3.05, 3.63) is 35.4 Å². The second-order valence-electron chi connectivity index (χ2n) is 9.82. The van der Waals surface area contributed by atoms with Crippen LogP contribution in [0.3, 0.4) is 0 Å². The number of nitrogens with zero attached hydrogens (tertiary/aromatic N) is 1. The first-order chi connectivity index (χ1) is 12.6. The summed E-state index contributed by atoms with van der Waals surface area (Å²) in [4.78, 5) is 26.7. The standard InChI is InChI=1S/C22H26N2O2/c25-19-17-4-1-2-5-18(17)20(26)24(19)16-12-22(13-16)10-15(11-22)23-14-8-21(9-14)6-3-7-21/h1-2,4-5,14-16,23H,3,6-13H2. The fourth-order valence-electron chi connectivity index (χ4n) is 6.62. The van der Waals surface area contributed by atoms with Crippen LogP contribution in [0.5, 0.6) is 0 Å². The normalized spacial score (nSPS) is 37.2. The molecule has 1 heterocycles. The molecule has 0 atom stereocenters. The Bertz CT molecular complexity index is 755. The lowest BCUT2D eigenvalue weighted by atomic mass is 9.50. The summed E-state index contributed by atoms with van der Waals surface area (Å²) < 4.78 is 0. The number of hydrogen-bond donors (Lipinski definition) is 1. The number of amides is 2. The van der Waals surface area contributed by atoms with E-state index in [4.69, 9.17) is 0 Å². The van der Waals surface area contributed by atoms with E-state index in [0.29, 0.717) is 22.6 Å². The molecule has 2 amide bonds. The molecule has 4 fully saturated rings. The number of imide groups is 1. The highest BCUT2D eigenvalue weighted by Gasteiger charge is 2.58. The molecular weight excluding hydrogens is 324 g/mol. The molecule has 0 saturated heterocycles. The molecule has 4 aliphatic carbocycles. The van der Waals surface area contributed by atoms with Crippen LogP contribution in [0.4, 0.5) is 0 Å². The summed E-state index contributed by atoms with van der Waals surface area (Å²) in [6, 6.07) is 8.77. The van der Waals surface area contributed by atoms with Crippen LogP contribution >= 0.6 is 0 Å². The van der Waals surface area contributed by atoms with Gasteiger partial charge >= 0.3 is 0 Å². The second-order valence-corrected chi connectivity index (χ2v) is 9.82. The van der Waals surface area contributed by atoms with E-state index in [1.165, 1.54) is 44.9 Å². The quantitative estimate of drug-likeness (QED) is 0.849. The maximum Gasteiger partial charge on any atom is 0.261 e. The Morgan fingerprint density at radius 2 is 1.35 bits per heavy atom. The van der Waals surface area contributed by atoms with E-state index in [-0.39, 0.29) is 17.9 Å². The number of benzene rings is 1. The highest BCUT2D eigenvalue weighted by molar-refractivity contribution is 6.21. The van der Waals surface area contributed by atoms with Crippen molar-refractivity contribution in [1.82, 2.24) is 10.2 Å². The van der Waals surface area contributed by atoms with Crippen molar-refractivity contribution >= 4 is 11.8 Å². The molecule has 26 heavy (non-hydrogen) atoms. The van der Waals surface area contributed by atoms with Crippen LogP contribution in [0, 0.1) is 10.8 Å². The lowest BCUT2D eigenvalue weighted by Crippen LogP contribution is -2.64. The molecule has 0 aromatic heterocycles. The van der Waals surface area contributed by atoms with Crippen molar-refractivity contribution in [2.45, 2.75) is 75.9 Å². The van der Waals surface area contributed by atoms with E-state index in [0.717, 1.165) is 24.3 Å². The topological polar surface area (TPSA) is 49.4 Å². The molecule has 4 saturated carbocycles. The van der Waals surface area contributed by atoms with Gasteiger partial charge in [0, 0.05) is 18.1 Å². The summed E-state index contributed by atoms with van der Waals surface area (Å²) in [7, 11) is 0. The van der Waals surface area contributed by atoms with Crippen LogP contribution in [0.1, 0.15) is 78.5 Å². The molecule has 1 N–H and O–H groups in total. The minimum Gasteiger partial charge on any atom is -0.311 e. The van der Waals surface area contributed by atoms with Crippen molar-refractivity contribution in [1.29, 1.82) is 0 Å². The number of carbonyl (C=O) groups is 2. The van der Waals surface area contributed by atoms with Crippen molar-refractivity contribution in [2.24, 2.45) is 10.8 Å². The molecule has 1 aromatic carbocycles. The molecule has 0 unspecified atom stereocenters. The van der Waals surface area contributed by atoms with Crippen LogP contribution < -0.4 is 5.32 Å². The highest BCUT2D eigenvalue weighted by Crippen LogP contribution is 2.60. The minimum absolute atomic E-state index is 0.0836. The lowest BCUT2D eigenvalue weighted by Gasteiger charge is -2.61. The van der Waals surface area contributed by atoms with E-state index >= 15 is 0 Å². The minimum atomic E-state index is -0.0836. The number of hydrogen-bond acceptors (Lipinski definition) is 3. The average Bonchev–Trinajstić information content (AvgIpc) is 2.73. The van der Waals surface area contributed by atoms with Crippen LogP contribution in [-0.4, -0.2) is 34.8 Å². The van der Waals surface area contributed by atoms with Crippen LogP contribution in [0.25, 0.3) is 0 Å². The van der Waals surface area contributed by atoms with Crippen LogP contribution in [0.2, 0.25) is 0 Å². The predicted molar refractivity (Wildman–Crippen MR) is 97.9 cm³/mol. The Balaban J connectivity index is 1.03. The highest BCUT2D eigenvalue weighted by atomic mass is 16.2. The van der Waals surface area contributed by atoms with Crippen molar-refractivity contribution in [3.63, 3.8) is 0 Å². The molecule has 4 heteroatoms. The van der Waals surface area contributed by atoms with E-state index < -0.39 is 0 Å². The van der Waals surface area contributed by atoms with Crippen molar-refractivity contribution < 1.29 is 9.59 Å². The smallest absolute Gasteiger partial charge is 0.261 e. The molecule has 1 aliphatic heterocycles. The number of nitrogens with one attached hydrogen (secondary N) is 1. The Kier molecular flexibility index (Phi) is 2.94. The third-order valence-electron chi connectivity index (χ3n) is 8.13. The van der Waals surface area contributed by atoms with Gasteiger partial charge in [0.05, 0.1) is 11.1 Å². The van der Waals surface area contributed by atoms with Gasteiger partial charge in [-0.15, -0.1) is 0 Å². The van der Waals surface area contributed by atoms with E-state index in [1.54, 1.807) is 17.0 Å². The molecule has 5 aliphatic rings. The average molecular weight is 350 g/mol.